The molecule has 0 unspecified atom stereocenters. The fourth-order valence-electron chi connectivity index (χ4n) is 3.93. The van der Waals surface area contributed by atoms with Crippen molar-refractivity contribution in [3.05, 3.63) is 52.4 Å². The lowest BCUT2D eigenvalue weighted by Crippen LogP contribution is -2.38. The first kappa shape index (κ1) is 19.7. The number of carbonyl (C=O) groups is 1. The van der Waals surface area contributed by atoms with Crippen LogP contribution >= 0.6 is 11.6 Å². The van der Waals surface area contributed by atoms with Crippen molar-refractivity contribution in [2.75, 3.05) is 38.6 Å². The van der Waals surface area contributed by atoms with Gasteiger partial charge in [-0.1, -0.05) is 23.7 Å². The van der Waals surface area contributed by atoms with Crippen LogP contribution in [0.5, 0.6) is 0 Å². The van der Waals surface area contributed by atoms with Crippen LogP contribution < -0.4 is 10.2 Å². The number of benzene rings is 1. The molecule has 1 aromatic carbocycles. The average Bonchev–Trinajstić information content (AvgIpc) is 3.05. The molecule has 29 heavy (non-hydrogen) atoms. The number of fused-ring (bicyclic) bond motifs is 2. The Morgan fingerprint density at radius 3 is 2.93 bits per heavy atom. The van der Waals surface area contributed by atoms with Gasteiger partial charge in [-0.05, 0) is 29.7 Å². The highest BCUT2D eigenvalue weighted by atomic mass is 35.5. The highest BCUT2D eigenvalue weighted by molar-refractivity contribution is 6.31. The molecule has 1 aliphatic heterocycles. The molecule has 8 heteroatoms. The predicted octanol–water partition coefficient (Wildman–Crippen LogP) is 2.48. The van der Waals surface area contributed by atoms with E-state index in [1.807, 2.05) is 48.8 Å². The molecule has 0 aliphatic carbocycles. The smallest absolute Gasteiger partial charge is 0.268 e. The largest absolute Gasteiger partial charge is 0.362 e. The minimum Gasteiger partial charge on any atom is -0.362 e. The molecule has 1 N–H and O–H groups in total. The minimum atomic E-state index is -0.101. The summed E-state index contributed by atoms with van der Waals surface area (Å²) < 4.78 is 1.82. The fraction of sp³-hybridized carbons (Fsp3) is 0.381. The van der Waals surface area contributed by atoms with Gasteiger partial charge in [-0.2, -0.15) is 0 Å². The van der Waals surface area contributed by atoms with Gasteiger partial charge in [-0.25, -0.2) is 9.97 Å². The van der Waals surface area contributed by atoms with E-state index in [1.165, 1.54) is 17.5 Å². The van der Waals surface area contributed by atoms with Crippen LogP contribution in [0.2, 0.25) is 5.02 Å². The predicted molar refractivity (Wildman–Crippen MR) is 116 cm³/mol. The molecule has 152 valence electrons. The van der Waals surface area contributed by atoms with Gasteiger partial charge >= 0.3 is 0 Å². The SMILES string of the molecule is CN(C)c1ncnc2c1cc(C(=O)NCCN1CCc3c(Cl)cccc3C1)n2C. The third-order valence-electron chi connectivity index (χ3n) is 5.46. The summed E-state index contributed by atoms with van der Waals surface area (Å²) in [4.78, 5) is 25.7. The highest BCUT2D eigenvalue weighted by Gasteiger charge is 2.20. The first-order valence-electron chi connectivity index (χ1n) is 9.70. The lowest BCUT2D eigenvalue weighted by atomic mass is 10.00. The summed E-state index contributed by atoms with van der Waals surface area (Å²) in [6.45, 7) is 3.19. The Morgan fingerprint density at radius 1 is 1.31 bits per heavy atom. The van der Waals surface area contributed by atoms with Crippen molar-refractivity contribution in [2.24, 2.45) is 7.05 Å². The summed E-state index contributed by atoms with van der Waals surface area (Å²) in [7, 11) is 5.71. The van der Waals surface area contributed by atoms with Crippen molar-refractivity contribution in [1.82, 2.24) is 24.8 Å². The zero-order valence-corrected chi connectivity index (χ0v) is 17.7. The molecule has 3 heterocycles. The number of nitrogens with one attached hydrogen (secondary N) is 1. The van der Waals surface area contributed by atoms with E-state index in [-0.39, 0.29) is 5.91 Å². The van der Waals surface area contributed by atoms with Crippen molar-refractivity contribution in [3.8, 4) is 0 Å². The van der Waals surface area contributed by atoms with Gasteiger partial charge in [0.25, 0.3) is 5.91 Å². The number of halogens is 1. The quantitative estimate of drug-likeness (QED) is 0.697. The van der Waals surface area contributed by atoms with Gasteiger partial charge in [-0.15, -0.1) is 0 Å². The van der Waals surface area contributed by atoms with Crippen molar-refractivity contribution >= 4 is 34.4 Å². The van der Waals surface area contributed by atoms with Crippen molar-refractivity contribution in [3.63, 3.8) is 0 Å². The molecular weight excluding hydrogens is 388 g/mol. The van der Waals surface area contributed by atoms with Gasteiger partial charge in [0.05, 0.1) is 5.39 Å². The first-order valence-corrected chi connectivity index (χ1v) is 10.1. The Balaban J connectivity index is 1.41. The van der Waals surface area contributed by atoms with Crippen molar-refractivity contribution < 1.29 is 4.79 Å². The van der Waals surface area contributed by atoms with Crippen LogP contribution in [0.4, 0.5) is 5.82 Å². The normalized spacial score (nSPS) is 14.1. The molecule has 3 aromatic rings. The Morgan fingerprint density at radius 2 is 2.14 bits per heavy atom. The number of aromatic nitrogens is 3. The number of nitrogens with zero attached hydrogens (tertiary/aromatic N) is 5. The maximum Gasteiger partial charge on any atom is 0.268 e. The highest BCUT2D eigenvalue weighted by Crippen LogP contribution is 2.26. The molecule has 1 amide bonds. The second-order valence-electron chi connectivity index (χ2n) is 7.58. The number of anilines is 1. The van der Waals surface area contributed by atoms with E-state index >= 15 is 0 Å². The first-order chi connectivity index (χ1) is 14.0. The molecular formula is C21H25ClN6O. The topological polar surface area (TPSA) is 66.3 Å². The third kappa shape index (κ3) is 3.80. The number of hydrogen-bond acceptors (Lipinski definition) is 5. The Hall–Kier alpha value is -2.64. The minimum absolute atomic E-state index is 0.101. The Bertz CT molecular complexity index is 1060. The number of rotatable bonds is 5. The monoisotopic (exact) mass is 412 g/mol. The summed E-state index contributed by atoms with van der Waals surface area (Å²) >= 11 is 6.29. The summed E-state index contributed by atoms with van der Waals surface area (Å²) in [6, 6.07) is 7.94. The van der Waals surface area contributed by atoms with E-state index in [4.69, 9.17) is 11.6 Å². The zero-order chi connectivity index (χ0) is 20.5. The van der Waals surface area contributed by atoms with Gasteiger partial charge < -0.3 is 14.8 Å². The zero-order valence-electron chi connectivity index (χ0n) is 16.9. The second kappa shape index (κ2) is 8.00. The number of carbonyl (C=O) groups excluding carboxylic acids is 1. The van der Waals surface area contributed by atoms with E-state index in [0.717, 1.165) is 47.9 Å². The standard InChI is InChI=1S/C21H25ClN6O/c1-26(2)19-16-11-18(27(3)20(16)25-13-24-19)21(29)23-8-10-28-9-7-15-14(12-28)5-4-6-17(15)22/h4-6,11,13H,7-10,12H2,1-3H3,(H,23,29). The molecule has 1 aliphatic rings. The van der Waals surface area contributed by atoms with E-state index < -0.39 is 0 Å². The van der Waals surface area contributed by atoms with Crippen LogP contribution in [0.25, 0.3) is 11.0 Å². The lowest BCUT2D eigenvalue weighted by molar-refractivity contribution is 0.0939. The lowest BCUT2D eigenvalue weighted by Gasteiger charge is -2.29. The molecule has 0 radical (unpaired) electrons. The Labute approximate surface area is 175 Å². The molecule has 0 spiro atoms. The molecule has 0 saturated carbocycles. The van der Waals surface area contributed by atoms with Gasteiger partial charge in [0, 0.05) is 52.3 Å². The van der Waals surface area contributed by atoms with E-state index in [0.29, 0.717) is 12.2 Å². The molecule has 2 aromatic heterocycles. The van der Waals surface area contributed by atoms with E-state index in [2.05, 4.69) is 26.3 Å². The molecule has 0 bridgehead atoms. The summed E-state index contributed by atoms with van der Waals surface area (Å²) in [5, 5.41) is 4.77. The maximum atomic E-state index is 12.8. The summed E-state index contributed by atoms with van der Waals surface area (Å²) in [5.74, 6) is 0.700. The number of amides is 1. The fourth-order valence-corrected chi connectivity index (χ4v) is 4.21. The summed E-state index contributed by atoms with van der Waals surface area (Å²) in [6.07, 6.45) is 2.47. The van der Waals surface area contributed by atoms with Crippen LogP contribution in [-0.4, -0.2) is 59.1 Å². The van der Waals surface area contributed by atoms with Gasteiger partial charge in [0.1, 0.15) is 23.5 Å². The van der Waals surface area contributed by atoms with Crippen molar-refractivity contribution in [2.45, 2.75) is 13.0 Å². The van der Waals surface area contributed by atoms with Crippen LogP contribution in [0, 0.1) is 0 Å². The number of hydrogen-bond donors (Lipinski definition) is 1. The van der Waals surface area contributed by atoms with Gasteiger partial charge in [0.15, 0.2) is 0 Å². The van der Waals surface area contributed by atoms with E-state index in [1.54, 1.807) is 0 Å². The molecule has 7 nitrogen and oxygen atoms in total. The maximum absolute atomic E-state index is 12.8. The van der Waals surface area contributed by atoms with Crippen LogP contribution in [0.15, 0.2) is 30.6 Å². The Kier molecular flexibility index (Phi) is 5.43. The number of aryl methyl sites for hydroxylation is 1. The third-order valence-corrected chi connectivity index (χ3v) is 5.81. The molecule has 0 saturated heterocycles. The average molecular weight is 413 g/mol. The van der Waals surface area contributed by atoms with Gasteiger partial charge in [0.2, 0.25) is 0 Å². The van der Waals surface area contributed by atoms with Crippen molar-refractivity contribution in [1.29, 1.82) is 0 Å². The summed E-state index contributed by atoms with van der Waals surface area (Å²) in [5.41, 5.74) is 3.86. The second-order valence-corrected chi connectivity index (χ2v) is 7.98. The molecule has 0 fully saturated rings. The molecule has 4 rings (SSSR count). The van der Waals surface area contributed by atoms with Gasteiger partial charge in [-0.3, -0.25) is 9.69 Å². The van der Waals surface area contributed by atoms with Crippen LogP contribution in [-0.2, 0) is 20.0 Å². The van der Waals surface area contributed by atoms with E-state index in [9.17, 15) is 4.79 Å². The molecule has 0 atom stereocenters. The van der Waals surface area contributed by atoms with Crippen LogP contribution in [0.3, 0.4) is 0 Å². The van der Waals surface area contributed by atoms with Crippen LogP contribution in [0.1, 0.15) is 21.6 Å².